The van der Waals surface area contributed by atoms with Crippen molar-refractivity contribution in [2.75, 3.05) is 31.0 Å². The van der Waals surface area contributed by atoms with E-state index in [1.165, 1.54) is 27.0 Å². The number of nitrogens with one attached hydrogen (secondary N) is 1. The number of anilines is 2. The lowest BCUT2D eigenvalue weighted by Gasteiger charge is -2.23. The van der Waals surface area contributed by atoms with Crippen molar-refractivity contribution in [2.45, 2.75) is 18.6 Å². The number of nitrogen functional groups attached to an aromatic ring is 1. The van der Waals surface area contributed by atoms with Crippen LogP contribution in [-0.2, 0) is 14.6 Å². The Kier molecular flexibility index (Phi) is 4.83. The summed E-state index contributed by atoms with van der Waals surface area (Å²) in [7, 11) is -2.14. The Morgan fingerprint density at radius 2 is 2.00 bits per heavy atom. The zero-order valence-corrected chi connectivity index (χ0v) is 13.2. The number of methoxy groups -OCH3 is 1. The number of ether oxygens (including phenoxy) is 1. The van der Waals surface area contributed by atoms with Gasteiger partial charge < -0.3 is 15.8 Å². The number of hydrogen-bond acceptors (Lipinski definition) is 6. The van der Waals surface area contributed by atoms with Crippen molar-refractivity contribution >= 4 is 27.2 Å². The number of halogens is 1. The van der Waals surface area contributed by atoms with Crippen molar-refractivity contribution in [3.8, 4) is 0 Å². The summed E-state index contributed by atoms with van der Waals surface area (Å²) in [5, 5.41) is 2.69. The minimum absolute atomic E-state index is 0.0126. The van der Waals surface area contributed by atoms with Gasteiger partial charge in [0.05, 0.1) is 23.1 Å². The molecule has 118 valence electrons. The van der Waals surface area contributed by atoms with E-state index >= 15 is 0 Å². The molecule has 0 bridgehead atoms. The van der Waals surface area contributed by atoms with E-state index in [9.17, 15) is 17.6 Å². The van der Waals surface area contributed by atoms with Crippen LogP contribution in [0.15, 0.2) is 12.1 Å². The molecule has 6 nitrogen and oxygen atoms in total. The second-order valence-corrected chi connectivity index (χ2v) is 7.95. The highest BCUT2D eigenvalue weighted by Gasteiger charge is 2.30. The van der Waals surface area contributed by atoms with Crippen LogP contribution < -0.4 is 11.1 Å². The maximum absolute atomic E-state index is 13.8. The van der Waals surface area contributed by atoms with Gasteiger partial charge in [0.15, 0.2) is 9.84 Å². The van der Waals surface area contributed by atoms with E-state index in [2.05, 4.69) is 10.1 Å². The lowest BCUT2D eigenvalue weighted by Crippen LogP contribution is -2.38. The first kappa shape index (κ1) is 17.2. The molecule has 0 amide bonds. The van der Waals surface area contributed by atoms with Crippen LogP contribution in [0.5, 0.6) is 0 Å². The topological polar surface area (TPSA) is 98.5 Å². The molecule has 3 N–H and O–H groups in total. The third-order valence-electron chi connectivity index (χ3n) is 3.25. The van der Waals surface area contributed by atoms with Gasteiger partial charge in [0.1, 0.15) is 5.82 Å². The Morgan fingerprint density at radius 3 is 2.48 bits per heavy atom. The maximum Gasteiger partial charge on any atom is 0.340 e. The second kappa shape index (κ2) is 5.88. The predicted octanol–water partition coefficient (Wildman–Crippen LogP) is 1.43. The van der Waals surface area contributed by atoms with E-state index in [1.807, 2.05) is 0 Å². The van der Waals surface area contributed by atoms with Gasteiger partial charge in [0, 0.05) is 18.5 Å². The summed E-state index contributed by atoms with van der Waals surface area (Å²) in [5.74, 6) is -1.37. The van der Waals surface area contributed by atoms with Crippen LogP contribution in [0, 0.1) is 5.82 Å². The van der Waals surface area contributed by atoms with E-state index in [0.29, 0.717) is 0 Å². The molecule has 0 heterocycles. The molecule has 0 radical (unpaired) electrons. The third kappa shape index (κ3) is 3.84. The Hall–Kier alpha value is -1.83. The van der Waals surface area contributed by atoms with Gasteiger partial charge in [-0.3, -0.25) is 0 Å². The summed E-state index contributed by atoms with van der Waals surface area (Å²) in [6, 6.07) is 2.19. The molecule has 0 aliphatic heterocycles. The molecule has 0 saturated carbocycles. The molecular formula is C13H19FN2O4S. The molecule has 1 rings (SSSR count). The Labute approximate surface area is 123 Å². The summed E-state index contributed by atoms with van der Waals surface area (Å²) in [6.07, 6.45) is 1.11. The molecule has 1 aromatic carbocycles. The molecule has 0 aliphatic carbocycles. The third-order valence-corrected chi connectivity index (χ3v) is 5.40. The van der Waals surface area contributed by atoms with Gasteiger partial charge in [-0.15, -0.1) is 0 Å². The fourth-order valence-electron chi connectivity index (χ4n) is 1.45. The molecule has 0 aliphatic rings. The average Bonchev–Trinajstić information content (AvgIpc) is 2.35. The smallest absolute Gasteiger partial charge is 0.340 e. The summed E-state index contributed by atoms with van der Waals surface area (Å²) in [5.41, 5.74) is 5.50. The lowest BCUT2D eigenvalue weighted by atomic mass is 10.1. The van der Waals surface area contributed by atoms with Crippen molar-refractivity contribution in [3.63, 3.8) is 0 Å². The van der Waals surface area contributed by atoms with Gasteiger partial charge >= 0.3 is 5.97 Å². The molecule has 0 spiro atoms. The highest BCUT2D eigenvalue weighted by atomic mass is 32.2. The lowest BCUT2D eigenvalue weighted by molar-refractivity contribution is 0.0602. The summed E-state index contributed by atoms with van der Waals surface area (Å²) >= 11 is 0. The second-order valence-electron chi connectivity index (χ2n) is 5.30. The van der Waals surface area contributed by atoms with Gasteiger partial charge in [0.25, 0.3) is 0 Å². The van der Waals surface area contributed by atoms with E-state index < -0.39 is 26.4 Å². The molecule has 0 saturated heterocycles. The van der Waals surface area contributed by atoms with Gasteiger partial charge in [-0.1, -0.05) is 0 Å². The summed E-state index contributed by atoms with van der Waals surface area (Å²) in [6.45, 7) is 3.02. The maximum atomic E-state index is 13.8. The Bertz CT molecular complexity index is 656. The molecule has 0 aromatic heterocycles. The predicted molar refractivity (Wildman–Crippen MR) is 79.6 cm³/mol. The first-order valence-corrected chi connectivity index (χ1v) is 7.99. The number of rotatable bonds is 5. The quantitative estimate of drug-likeness (QED) is 0.629. The molecule has 0 unspecified atom stereocenters. The Balaban J connectivity index is 3.07. The van der Waals surface area contributed by atoms with E-state index in [-0.39, 0.29) is 23.5 Å². The van der Waals surface area contributed by atoms with Gasteiger partial charge in [-0.25, -0.2) is 17.6 Å². The van der Waals surface area contributed by atoms with Crippen LogP contribution in [0.2, 0.25) is 0 Å². The van der Waals surface area contributed by atoms with Crippen LogP contribution in [-0.4, -0.2) is 39.0 Å². The van der Waals surface area contributed by atoms with Crippen LogP contribution in [0.25, 0.3) is 0 Å². The minimum atomic E-state index is -3.33. The van der Waals surface area contributed by atoms with Gasteiger partial charge in [-0.2, -0.15) is 0 Å². The first-order valence-electron chi connectivity index (χ1n) is 6.10. The van der Waals surface area contributed by atoms with Crippen LogP contribution in [0.1, 0.15) is 24.2 Å². The number of carbonyl (C=O) groups excluding carboxylic acids is 1. The van der Waals surface area contributed by atoms with Crippen LogP contribution in [0.4, 0.5) is 15.8 Å². The molecule has 1 aromatic rings. The summed E-state index contributed by atoms with van der Waals surface area (Å²) < 4.78 is 40.5. The number of carbonyl (C=O) groups is 1. The van der Waals surface area contributed by atoms with E-state index in [4.69, 9.17) is 5.73 Å². The van der Waals surface area contributed by atoms with Crippen molar-refractivity contribution in [3.05, 3.63) is 23.5 Å². The molecule has 21 heavy (non-hydrogen) atoms. The standard InChI is InChI=1S/C13H19FN2O4S/c1-13(2,21(4,18)19)7-16-11-5-8(12(17)20-3)10(15)6-9(11)14/h5-6,16H,7,15H2,1-4H3. The minimum Gasteiger partial charge on any atom is -0.465 e. The molecule has 0 atom stereocenters. The number of hydrogen-bond donors (Lipinski definition) is 2. The van der Waals surface area contributed by atoms with Gasteiger partial charge in [0.2, 0.25) is 0 Å². The zero-order valence-electron chi connectivity index (χ0n) is 12.4. The SMILES string of the molecule is COC(=O)c1cc(NCC(C)(C)S(C)(=O)=O)c(F)cc1N. The first-order chi connectivity index (χ1) is 9.49. The van der Waals surface area contributed by atoms with Crippen molar-refractivity contribution in [1.82, 2.24) is 0 Å². The fourth-order valence-corrected chi connectivity index (χ4v) is 1.78. The summed E-state index contributed by atoms with van der Waals surface area (Å²) in [4.78, 5) is 11.5. The monoisotopic (exact) mass is 318 g/mol. The van der Waals surface area contributed by atoms with Crippen molar-refractivity contribution in [1.29, 1.82) is 0 Å². The fraction of sp³-hybridized carbons (Fsp3) is 0.462. The van der Waals surface area contributed by atoms with Gasteiger partial charge in [-0.05, 0) is 26.0 Å². The van der Waals surface area contributed by atoms with E-state index in [1.54, 1.807) is 0 Å². The average molecular weight is 318 g/mol. The largest absolute Gasteiger partial charge is 0.465 e. The zero-order chi connectivity index (χ0) is 16.4. The van der Waals surface area contributed by atoms with Crippen LogP contribution in [0.3, 0.4) is 0 Å². The number of nitrogens with two attached hydrogens (primary N) is 1. The number of benzene rings is 1. The van der Waals surface area contributed by atoms with Crippen molar-refractivity contribution < 1.29 is 22.3 Å². The molecule has 0 fully saturated rings. The highest BCUT2D eigenvalue weighted by molar-refractivity contribution is 7.92. The molecular weight excluding hydrogens is 299 g/mol. The van der Waals surface area contributed by atoms with Crippen LogP contribution >= 0.6 is 0 Å². The number of esters is 1. The van der Waals surface area contributed by atoms with Crippen molar-refractivity contribution in [2.24, 2.45) is 0 Å². The normalized spacial score (nSPS) is 12.0. The highest BCUT2D eigenvalue weighted by Crippen LogP contribution is 2.24. The molecule has 8 heteroatoms. The number of sulfone groups is 1. The Morgan fingerprint density at radius 1 is 1.43 bits per heavy atom. The van der Waals surface area contributed by atoms with E-state index in [0.717, 1.165) is 12.3 Å².